The van der Waals surface area contributed by atoms with E-state index in [0.29, 0.717) is 12.5 Å². The highest BCUT2D eigenvalue weighted by Gasteiger charge is 2.14. The van der Waals surface area contributed by atoms with E-state index in [0.717, 1.165) is 37.4 Å². The van der Waals surface area contributed by atoms with Gasteiger partial charge in [-0.3, -0.25) is 4.79 Å². The van der Waals surface area contributed by atoms with Gasteiger partial charge in [-0.05, 0) is 43.5 Å². The molecule has 116 valence electrons. The van der Waals surface area contributed by atoms with Gasteiger partial charge in [0.2, 0.25) is 5.91 Å². The first-order valence-electron chi connectivity index (χ1n) is 7.98. The summed E-state index contributed by atoms with van der Waals surface area (Å²) in [5, 5.41) is 7.23. The quantitative estimate of drug-likeness (QED) is 0.759. The van der Waals surface area contributed by atoms with Crippen LogP contribution in [0.4, 0.5) is 0 Å². The van der Waals surface area contributed by atoms with Crippen molar-refractivity contribution in [1.29, 1.82) is 0 Å². The molecule has 0 aromatic heterocycles. The summed E-state index contributed by atoms with van der Waals surface area (Å²) in [5.41, 5.74) is 1.26. The number of halogens is 1. The van der Waals surface area contributed by atoms with Gasteiger partial charge < -0.3 is 10.6 Å². The molecule has 1 aromatic carbocycles. The standard InChI is InChI=1S/C17H25ClN2O/c18-15-8-6-14(7-9-15)10-12-19-13-11-17(21)20-16-4-2-1-3-5-16/h6-9,16,19H,1-5,10-13H2,(H,20,21). The second-order valence-corrected chi connectivity index (χ2v) is 6.22. The Kier molecular flexibility index (Phi) is 7.04. The van der Waals surface area contributed by atoms with Crippen LogP contribution in [0.5, 0.6) is 0 Å². The lowest BCUT2D eigenvalue weighted by Gasteiger charge is -2.22. The predicted molar refractivity (Wildman–Crippen MR) is 87.7 cm³/mol. The van der Waals surface area contributed by atoms with Crippen LogP contribution in [0.2, 0.25) is 5.02 Å². The van der Waals surface area contributed by atoms with E-state index in [1.165, 1.54) is 24.8 Å². The highest BCUT2D eigenvalue weighted by atomic mass is 35.5. The molecular weight excluding hydrogens is 284 g/mol. The summed E-state index contributed by atoms with van der Waals surface area (Å²) in [6.45, 7) is 1.63. The maximum absolute atomic E-state index is 11.8. The zero-order chi connectivity index (χ0) is 14.9. The van der Waals surface area contributed by atoms with Crippen LogP contribution in [-0.4, -0.2) is 25.0 Å². The summed E-state index contributed by atoms with van der Waals surface area (Å²) < 4.78 is 0. The largest absolute Gasteiger partial charge is 0.353 e. The van der Waals surface area contributed by atoms with E-state index in [9.17, 15) is 4.79 Å². The molecule has 21 heavy (non-hydrogen) atoms. The first-order valence-corrected chi connectivity index (χ1v) is 8.36. The molecule has 0 radical (unpaired) electrons. The molecule has 1 aromatic rings. The molecule has 4 heteroatoms. The maximum Gasteiger partial charge on any atom is 0.221 e. The fraction of sp³-hybridized carbons (Fsp3) is 0.588. The van der Waals surface area contributed by atoms with Crippen LogP contribution in [0.25, 0.3) is 0 Å². The Hall–Kier alpha value is -1.06. The molecule has 0 bridgehead atoms. The van der Waals surface area contributed by atoms with E-state index in [1.54, 1.807) is 0 Å². The van der Waals surface area contributed by atoms with Gasteiger partial charge >= 0.3 is 0 Å². The second kappa shape index (κ2) is 9.06. The molecule has 2 N–H and O–H groups in total. The van der Waals surface area contributed by atoms with Crippen LogP contribution in [0, 0.1) is 0 Å². The minimum atomic E-state index is 0.181. The van der Waals surface area contributed by atoms with Crippen molar-refractivity contribution in [1.82, 2.24) is 10.6 Å². The first kappa shape index (κ1) is 16.3. The van der Waals surface area contributed by atoms with E-state index in [-0.39, 0.29) is 5.91 Å². The zero-order valence-electron chi connectivity index (χ0n) is 12.5. The summed E-state index contributed by atoms with van der Waals surface area (Å²) in [6, 6.07) is 8.32. The van der Waals surface area contributed by atoms with E-state index in [2.05, 4.69) is 10.6 Å². The normalized spacial score (nSPS) is 15.9. The Morgan fingerprint density at radius 1 is 1.10 bits per heavy atom. The van der Waals surface area contributed by atoms with Gasteiger partial charge in [0.05, 0.1) is 0 Å². The van der Waals surface area contributed by atoms with Gasteiger partial charge in [-0.1, -0.05) is 43.0 Å². The Bertz CT molecular complexity index is 427. The van der Waals surface area contributed by atoms with Crippen LogP contribution >= 0.6 is 11.6 Å². The number of carbonyl (C=O) groups is 1. The van der Waals surface area contributed by atoms with Gasteiger partial charge in [0, 0.05) is 24.0 Å². The Balaban J connectivity index is 1.52. The highest BCUT2D eigenvalue weighted by molar-refractivity contribution is 6.30. The van der Waals surface area contributed by atoms with E-state index in [1.807, 2.05) is 24.3 Å². The molecule has 1 aliphatic rings. The SMILES string of the molecule is O=C(CCNCCc1ccc(Cl)cc1)NC1CCCCC1. The molecule has 1 aliphatic carbocycles. The number of hydrogen-bond acceptors (Lipinski definition) is 2. The fourth-order valence-corrected chi connectivity index (χ4v) is 2.88. The molecule has 0 aliphatic heterocycles. The molecule has 0 spiro atoms. The number of amides is 1. The van der Waals surface area contributed by atoms with Crippen LogP contribution < -0.4 is 10.6 Å². The zero-order valence-corrected chi connectivity index (χ0v) is 13.3. The van der Waals surface area contributed by atoms with Crippen molar-refractivity contribution in [3.05, 3.63) is 34.9 Å². The number of nitrogens with one attached hydrogen (secondary N) is 2. The third-order valence-corrected chi connectivity index (χ3v) is 4.25. The van der Waals surface area contributed by atoms with Crippen LogP contribution in [0.3, 0.4) is 0 Å². The van der Waals surface area contributed by atoms with Crippen molar-refractivity contribution in [3.63, 3.8) is 0 Å². The summed E-state index contributed by atoms with van der Waals surface area (Å²) in [6.07, 6.45) is 7.65. The molecule has 0 heterocycles. The molecular formula is C17H25ClN2O. The minimum absolute atomic E-state index is 0.181. The molecule has 1 saturated carbocycles. The summed E-state index contributed by atoms with van der Waals surface area (Å²) >= 11 is 5.85. The third-order valence-electron chi connectivity index (χ3n) is 4.00. The number of hydrogen-bond donors (Lipinski definition) is 2. The Labute approximate surface area is 132 Å². The van der Waals surface area contributed by atoms with E-state index in [4.69, 9.17) is 11.6 Å². The van der Waals surface area contributed by atoms with Crippen molar-refractivity contribution < 1.29 is 4.79 Å². The average molecular weight is 309 g/mol. The lowest BCUT2D eigenvalue weighted by atomic mass is 9.95. The topological polar surface area (TPSA) is 41.1 Å². The monoisotopic (exact) mass is 308 g/mol. The number of benzene rings is 1. The summed E-state index contributed by atoms with van der Waals surface area (Å²) in [5.74, 6) is 0.181. The van der Waals surface area contributed by atoms with E-state index >= 15 is 0 Å². The van der Waals surface area contributed by atoms with Crippen LogP contribution in [0.1, 0.15) is 44.1 Å². The van der Waals surface area contributed by atoms with Crippen molar-refractivity contribution >= 4 is 17.5 Å². The van der Waals surface area contributed by atoms with Crippen LogP contribution in [-0.2, 0) is 11.2 Å². The Morgan fingerprint density at radius 3 is 2.52 bits per heavy atom. The second-order valence-electron chi connectivity index (χ2n) is 5.78. The lowest BCUT2D eigenvalue weighted by Crippen LogP contribution is -2.37. The lowest BCUT2D eigenvalue weighted by molar-refractivity contribution is -0.121. The predicted octanol–water partition coefficient (Wildman–Crippen LogP) is 3.31. The van der Waals surface area contributed by atoms with Gasteiger partial charge in [0.15, 0.2) is 0 Å². The van der Waals surface area contributed by atoms with Crippen molar-refractivity contribution in [2.45, 2.75) is 51.0 Å². The fourth-order valence-electron chi connectivity index (χ4n) is 2.76. The van der Waals surface area contributed by atoms with Crippen LogP contribution in [0.15, 0.2) is 24.3 Å². The van der Waals surface area contributed by atoms with Gasteiger partial charge in [0.25, 0.3) is 0 Å². The maximum atomic E-state index is 11.8. The summed E-state index contributed by atoms with van der Waals surface area (Å²) in [7, 11) is 0. The van der Waals surface area contributed by atoms with Crippen molar-refractivity contribution in [3.8, 4) is 0 Å². The minimum Gasteiger partial charge on any atom is -0.353 e. The molecule has 0 saturated heterocycles. The number of carbonyl (C=O) groups excluding carboxylic acids is 1. The molecule has 1 fully saturated rings. The molecule has 1 amide bonds. The smallest absolute Gasteiger partial charge is 0.221 e. The molecule has 0 atom stereocenters. The highest BCUT2D eigenvalue weighted by Crippen LogP contribution is 2.17. The van der Waals surface area contributed by atoms with E-state index < -0.39 is 0 Å². The van der Waals surface area contributed by atoms with Gasteiger partial charge in [-0.25, -0.2) is 0 Å². The van der Waals surface area contributed by atoms with Gasteiger partial charge in [0.1, 0.15) is 0 Å². The third kappa shape index (κ3) is 6.49. The first-order chi connectivity index (χ1) is 10.2. The van der Waals surface area contributed by atoms with Crippen molar-refractivity contribution in [2.75, 3.05) is 13.1 Å². The summed E-state index contributed by atoms with van der Waals surface area (Å²) in [4.78, 5) is 11.8. The Morgan fingerprint density at radius 2 is 1.81 bits per heavy atom. The van der Waals surface area contributed by atoms with Crippen molar-refractivity contribution in [2.24, 2.45) is 0 Å². The molecule has 0 unspecified atom stereocenters. The molecule has 2 rings (SSSR count). The molecule has 3 nitrogen and oxygen atoms in total. The van der Waals surface area contributed by atoms with Gasteiger partial charge in [-0.2, -0.15) is 0 Å². The van der Waals surface area contributed by atoms with Gasteiger partial charge in [-0.15, -0.1) is 0 Å². The number of rotatable bonds is 7. The average Bonchev–Trinajstić information content (AvgIpc) is 2.50.